The first-order valence-corrected chi connectivity index (χ1v) is 10.3. The van der Waals surface area contributed by atoms with Crippen LogP contribution in [0.15, 0.2) is 6.20 Å². The van der Waals surface area contributed by atoms with E-state index in [2.05, 4.69) is 10.3 Å². The van der Waals surface area contributed by atoms with Gasteiger partial charge in [0.1, 0.15) is 12.7 Å². The van der Waals surface area contributed by atoms with Crippen LogP contribution in [0.3, 0.4) is 0 Å². The minimum absolute atomic E-state index is 0.197. The van der Waals surface area contributed by atoms with Crippen LogP contribution >= 0.6 is 11.3 Å². The van der Waals surface area contributed by atoms with E-state index in [9.17, 15) is 24.0 Å². The molecule has 1 aromatic heterocycles. The molecule has 0 saturated carbocycles. The van der Waals surface area contributed by atoms with Crippen molar-refractivity contribution >= 4 is 46.1 Å². The lowest BCUT2D eigenvalue weighted by Gasteiger charge is -2.44. The van der Waals surface area contributed by atoms with Gasteiger partial charge in [0.2, 0.25) is 0 Å². The van der Waals surface area contributed by atoms with Crippen molar-refractivity contribution in [2.24, 2.45) is 0 Å². The Morgan fingerprint density at radius 3 is 1.97 bits per heavy atom. The quantitative estimate of drug-likeness (QED) is 0.323. The van der Waals surface area contributed by atoms with Crippen LogP contribution in [0, 0.1) is 0 Å². The van der Waals surface area contributed by atoms with Crippen LogP contribution in [0.5, 0.6) is 0 Å². The zero-order valence-electron chi connectivity index (χ0n) is 18.1. The zero-order valence-corrected chi connectivity index (χ0v) is 18.9. The standard InChI is InChI=1S/C19H24N2O10S/c1-8(22)14-6-20-19(32-14)21-18-17(30-12(5)26)16(29-11(4)25)15(28-10(3)24)13(31-18)7-27-9(2)23/h6,13,15-18H,7H2,1-5H3,(H,20,21)/t13?,15-,16?,17?,18+/m1/s1. The maximum atomic E-state index is 11.8. The maximum Gasteiger partial charge on any atom is 0.303 e. The monoisotopic (exact) mass is 472 g/mol. The number of rotatable bonds is 8. The molecule has 1 aromatic rings. The lowest BCUT2D eigenvalue weighted by molar-refractivity contribution is -0.247. The highest BCUT2D eigenvalue weighted by Gasteiger charge is 2.52. The SMILES string of the molecule is CC(=O)OCC1O[C@H](Nc2ncc(C(C)=O)s2)C(OC(C)=O)C(OC(C)=O)[C@@H]1OC(C)=O. The van der Waals surface area contributed by atoms with Gasteiger partial charge in [0.15, 0.2) is 35.5 Å². The number of hydrogen-bond donors (Lipinski definition) is 1. The Morgan fingerprint density at radius 2 is 1.47 bits per heavy atom. The highest BCUT2D eigenvalue weighted by atomic mass is 32.1. The Morgan fingerprint density at radius 1 is 0.906 bits per heavy atom. The van der Waals surface area contributed by atoms with Crippen molar-refractivity contribution in [2.45, 2.75) is 65.3 Å². The third-order valence-corrected chi connectivity index (χ3v) is 5.14. The summed E-state index contributed by atoms with van der Waals surface area (Å²) in [5.41, 5.74) is 0. The van der Waals surface area contributed by atoms with Crippen molar-refractivity contribution in [3.8, 4) is 0 Å². The second-order valence-electron chi connectivity index (χ2n) is 6.85. The highest BCUT2D eigenvalue weighted by molar-refractivity contribution is 7.17. The molecule has 0 amide bonds. The first-order valence-electron chi connectivity index (χ1n) is 9.51. The van der Waals surface area contributed by atoms with Crippen molar-refractivity contribution in [3.05, 3.63) is 11.1 Å². The first kappa shape index (κ1) is 25.2. The minimum atomic E-state index is -1.29. The summed E-state index contributed by atoms with van der Waals surface area (Å²) >= 11 is 1.03. The van der Waals surface area contributed by atoms with Gasteiger partial charge in [-0.3, -0.25) is 24.0 Å². The molecule has 32 heavy (non-hydrogen) atoms. The third-order valence-electron chi connectivity index (χ3n) is 4.11. The van der Waals surface area contributed by atoms with E-state index >= 15 is 0 Å². The molecule has 0 radical (unpaired) electrons. The molecule has 1 fully saturated rings. The first-order chi connectivity index (χ1) is 15.0. The molecular formula is C19H24N2O10S. The second-order valence-corrected chi connectivity index (χ2v) is 7.88. The normalized spacial score (nSPS) is 24.7. The summed E-state index contributed by atoms with van der Waals surface area (Å²) in [5.74, 6) is -2.98. The van der Waals surface area contributed by atoms with Gasteiger partial charge in [0.25, 0.3) is 0 Å². The number of nitrogens with one attached hydrogen (secondary N) is 1. The summed E-state index contributed by atoms with van der Waals surface area (Å²) in [6.45, 7) is 5.64. The van der Waals surface area contributed by atoms with E-state index in [1.54, 1.807) is 0 Å². The van der Waals surface area contributed by atoms with Gasteiger partial charge in [-0.05, 0) is 0 Å². The van der Waals surface area contributed by atoms with Crippen molar-refractivity contribution in [3.63, 3.8) is 0 Å². The molecule has 0 aliphatic carbocycles. The lowest BCUT2D eigenvalue weighted by atomic mass is 9.97. The molecule has 5 atom stereocenters. The van der Waals surface area contributed by atoms with E-state index in [0.717, 1.165) is 32.1 Å². The molecule has 12 nitrogen and oxygen atoms in total. The van der Waals surface area contributed by atoms with Crippen LogP contribution < -0.4 is 5.32 Å². The van der Waals surface area contributed by atoms with Crippen molar-refractivity contribution in [2.75, 3.05) is 11.9 Å². The number of anilines is 1. The molecule has 1 saturated heterocycles. The van der Waals surface area contributed by atoms with E-state index in [1.165, 1.54) is 20.0 Å². The van der Waals surface area contributed by atoms with Crippen LogP contribution in [-0.2, 0) is 42.9 Å². The molecule has 0 aromatic carbocycles. The molecule has 0 spiro atoms. The fourth-order valence-corrected chi connectivity index (χ4v) is 3.71. The predicted octanol–water partition coefficient (Wildman–Crippen LogP) is 0.841. The van der Waals surface area contributed by atoms with E-state index in [1.807, 2.05) is 0 Å². The number of carbonyl (C=O) groups excluding carboxylic acids is 5. The third kappa shape index (κ3) is 6.99. The van der Waals surface area contributed by atoms with Crippen LogP contribution in [0.4, 0.5) is 5.13 Å². The summed E-state index contributed by atoms with van der Waals surface area (Å²) in [6.07, 6.45) is -4.67. The summed E-state index contributed by atoms with van der Waals surface area (Å²) < 4.78 is 26.9. The highest BCUT2D eigenvalue weighted by Crippen LogP contribution is 2.31. The fraction of sp³-hybridized carbons (Fsp3) is 0.579. The number of aromatic nitrogens is 1. The molecule has 1 aliphatic rings. The molecule has 1 N–H and O–H groups in total. The van der Waals surface area contributed by atoms with E-state index in [4.69, 9.17) is 23.7 Å². The van der Waals surface area contributed by atoms with Crippen molar-refractivity contribution in [1.29, 1.82) is 0 Å². The summed E-state index contributed by atoms with van der Waals surface area (Å²) in [5, 5.41) is 3.15. The Bertz CT molecular complexity index is 885. The number of nitrogens with zero attached hydrogens (tertiary/aromatic N) is 1. The predicted molar refractivity (Wildman–Crippen MR) is 108 cm³/mol. The number of ketones is 1. The molecule has 2 heterocycles. The smallest absolute Gasteiger partial charge is 0.303 e. The molecule has 1 aliphatic heterocycles. The molecular weight excluding hydrogens is 448 g/mol. The molecule has 176 valence electrons. The van der Waals surface area contributed by atoms with Gasteiger partial charge in [0.05, 0.1) is 11.1 Å². The topological polar surface area (TPSA) is 156 Å². The van der Waals surface area contributed by atoms with E-state index in [-0.39, 0.29) is 17.5 Å². The maximum absolute atomic E-state index is 11.8. The number of thiazole rings is 1. The van der Waals surface area contributed by atoms with Crippen molar-refractivity contribution < 1.29 is 47.7 Å². The Hall–Kier alpha value is -3.06. The van der Waals surface area contributed by atoms with Crippen molar-refractivity contribution in [1.82, 2.24) is 4.98 Å². The Kier molecular flexibility index (Phi) is 8.66. The van der Waals surface area contributed by atoms with Gasteiger partial charge in [-0.15, -0.1) is 0 Å². The summed E-state index contributed by atoms with van der Waals surface area (Å²) in [4.78, 5) is 62.6. The van der Waals surface area contributed by atoms with Gasteiger partial charge in [-0.25, -0.2) is 4.98 Å². The number of Topliss-reactive ketones (excluding diaryl/α,β-unsaturated/α-hetero) is 1. The van der Waals surface area contributed by atoms with Crippen LogP contribution in [0.1, 0.15) is 44.3 Å². The van der Waals surface area contributed by atoms with Gasteiger partial charge in [0, 0.05) is 34.6 Å². The second kappa shape index (κ2) is 11.0. The molecule has 13 heteroatoms. The molecule has 2 rings (SSSR count). The Labute approximate surface area is 187 Å². The summed E-state index contributed by atoms with van der Waals surface area (Å²) in [7, 11) is 0. The van der Waals surface area contributed by atoms with Gasteiger partial charge >= 0.3 is 23.9 Å². The van der Waals surface area contributed by atoms with Gasteiger partial charge in [-0.2, -0.15) is 0 Å². The number of hydrogen-bond acceptors (Lipinski definition) is 13. The number of esters is 4. The molecule has 0 bridgehead atoms. The summed E-state index contributed by atoms with van der Waals surface area (Å²) in [6, 6.07) is 0. The Balaban J connectivity index is 2.43. The van der Waals surface area contributed by atoms with E-state index in [0.29, 0.717) is 4.88 Å². The van der Waals surface area contributed by atoms with Gasteiger partial charge < -0.3 is 29.0 Å². The van der Waals surface area contributed by atoms with Crippen LogP contribution in [0.2, 0.25) is 0 Å². The van der Waals surface area contributed by atoms with Crippen LogP contribution in [-0.4, -0.2) is 71.9 Å². The average molecular weight is 472 g/mol. The number of carbonyl (C=O) groups is 5. The number of ether oxygens (including phenoxy) is 5. The molecule has 3 unspecified atom stereocenters. The van der Waals surface area contributed by atoms with Gasteiger partial charge in [-0.1, -0.05) is 11.3 Å². The largest absolute Gasteiger partial charge is 0.463 e. The lowest BCUT2D eigenvalue weighted by Crippen LogP contribution is -2.64. The zero-order chi connectivity index (χ0) is 24.0. The minimum Gasteiger partial charge on any atom is -0.463 e. The van der Waals surface area contributed by atoms with E-state index < -0.39 is 54.5 Å². The van der Waals surface area contributed by atoms with Crippen LogP contribution in [0.25, 0.3) is 0 Å². The fourth-order valence-electron chi connectivity index (χ4n) is 2.97. The average Bonchev–Trinajstić information content (AvgIpc) is 3.13.